The Morgan fingerprint density at radius 3 is 2.61 bits per heavy atom. The lowest BCUT2D eigenvalue weighted by atomic mass is 10.1. The van der Waals surface area contributed by atoms with E-state index in [1.54, 1.807) is 18.2 Å². The zero-order valence-corrected chi connectivity index (χ0v) is 20.1. The summed E-state index contributed by atoms with van der Waals surface area (Å²) in [6, 6.07) is 9.31. The summed E-state index contributed by atoms with van der Waals surface area (Å²) >= 11 is 0. The number of rotatable bonds is 8. The highest BCUT2D eigenvalue weighted by Crippen LogP contribution is 2.26. The van der Waals surface area contributed by atoms with E-state index in [2.05, 4.69) is 4.57 Å². The number of ether oxygens (including phenoxy) is 2. The highest BCUT2D eigenvalue weighted by Gasteiger charge is 2.36. The van der Waals surface area contributed by atoms with Crippen LogP contribution in [0.3, 0.4) is 0 Å². The quantitative estimate of drug-likeness (QED) is 0.269. The van der Waals surface area contributed by atoms with Gasteiger partial charge in [-0.25, -0.2) is 4.79 Å². The molecule has 0 radical (unpaired) electrons. The van der Waals surface area contributed by atoms with Gasteiger partial charge in [-0.3, -0.25) is 19.3 Å². The third kappa shape index (κ3) is 4.37. The first kappa shape index (κ1) is 23.7. The Bertz CT molecular complexity index is 1350. The molecule has 1 atom stereocenters. The smallest absolute Gasteiger partial charge is 0.338 e. The number of fused-ring (bicyclic) bond motifs is 1. The van der Waals surface area contributed by atoms with Gasteiger partial charge >= 0.3 is 5.97 Å². The number of aromatic nitrogens is 1. The van der Waals surface area contributed by atoms with Gasteiger partial charge in [0.15, 0.2) is 6.61 Å². The number of amides is 2. The molecule has 9 heteroatoms. The third-order valence-electron chi connectivity index (χ3n) is 6.72. The van der Waals surface area contributed by atoms with E-state index in [9.17, 15) is 19.2 Å². The zero-order valence-electron chi connectivity index (χ0n) is 20.1. The average molecular weight is 491 g/mol. The van der Waals surface area contributed by atoms with Crippen LogP contribution in [-0.4, -0.2) is 52.4 Å². The van der Waals surface area contributed by atoms with E-state index < -0.39 is 24.4 Å². The molecule has 2 aliphatic heterocycles. The fraction of sp³-hybridized carbons (Fsp3) is 0.333. The lowest BCUT2D eigenvalue weighted by Gasteiger charge is -2.14. The average Bonchev–Trinajstić information content (AvgIpc) is 3.67. The van der Waals surface area contributed by atoms with Crippen LogP contribution in [0, 0.1) is 13.8 Å². The Balaban J connectivity index is 1.24. The van der Waals surface area contributed by atoms with Gasteiger partial charge in [-0.2, -0.15) is 0 Å². The molecule has 0 aliphatic carbocycles. The van der Waals surface area contributed by atoms with Crippen LogP contribution in [0.25, 0.3) is 0 Å². The third-order valence-corrected chi connectivity index (χ3v) is 6.72. The molecule has 0 N–H and O–H groups in total. The molecule has 3 aromatic rings. The van der Waals surface area contributed by atoms with Gasteiger partial charge in [-0.05, 0) is 63.1 Å². The van der Waals surface area contributed by atoms with Crippen molar-refractivity contribution in [3.63, 3.8) is 0 Å². The van der Waals surface area contributed by atoms with Crippen molar-refractivity contribution < 1.29 is 33.1 Å². The maximum absolute atomic E-state index is 12.8. The normalized spacial score (nSPS) is 17.1. The predicted octanol–water partition coefficient (Wildman–Crippen LogP) is 3.71. The Labute approximate surface area is 207 Å². The zero-order chi connectivity index (χ0) is 25.4. The first-order chi connectivity index (χ1) is 17.3. The minimum atomic E-state index is -0.746. The number of ketones is 1. The van der Waals surface area contributed by atoms with Crippen molar-refractivity contribution in [1.82, 2.24) is 9.47 Å². The molecule has 2 aliphatic rings. The maximum atomic E-state index is 12.8. The van der Waals surface area contributed by atoms with Crippen molar-refractivity contribution in [2.45, 2.75) is 45.9 Å². The summed E-state index contributed by atoms with van der Waals surface area (Å²) in [6.07, 6.45) is 3.63. The lowest BCUT2D eigenvalue weighted by Crippen LogP contribution is -2.28. The van der Waals surface area contributed by atoms with Crippen molar-refractivity contribution in [3.05, 3.63) is 82.1 Å². The van der Waals surface area contributed by atoms with Crippen LogP contribution in [0.15, 0.2) is 47.1 Å². The number of carbonyl (C=O) groups excluding carboxylic acids is 4. The van der Waals surface area contributed by atoms with Gasteiger partial charge in [0.05, 0.1) is 35.6 Å². The highest BCUT2D eigenvalue weighted by atomic mass is 16.5. The summed E-state index contributed by atoms with van der Waals surface area (Å²) in [4.78, 5) is 52.0. The first-order valence-corrected chi connectivity index (χ1v) is 11.8. The summed E-state index contributed by atoms with van der Waals surface area (Å²) in [5, 5.41) is 0. The molecule has 2 amide bonds. The van der Waals surface area contributed by atoms with Crippen LogP contribution >= 0.6 is 0 Å². The van der Waals surface area contributed by atoms with Crippen molar-refractivity contribution >= 4 is 23.6 Å². The molecule has 0 bridgehead atoms. The van der Waals surface area contributed by atoms with Crippen LogP contribution in [0.2, 0.25) is 0 Å². The summed E-state index contributed by atoms with van der Waals surface area (Å²) in [5.74, 6) is -1.57. The first-order valence-electron chi connectivity index (χ1n) is 11.8. The molecule has 9 nitrogen and oxygen atoms in total. The SMILES string of the molecule is Cc1cc(C(=O)COC(=O)c2ccc3c(c2)C(=O)N(Cc2ccco2)C3=O)c(C)n1C[C@H]1CCCO1. The molecular weight excluding hydrogens is 464 g/mol. The van der Waals surface area contributed by atoms with Crippen LogP contribution in [-0.2, 0) is 22.6 Å². The van der Waals surface area contributed by atoms with Gasteiger partial charge in [-0.15, -0.1) is 0 Å². The Kier molecular flexibility index (Phi) is 6.32. The molecule has 1 aromatic carbocycles. The maximum Gasteiger partial charge on any atom is 0.338 e. The number of imide groups is 1. The molecule has 1 fully saturated rings. The summed E-state index contributed by atoms with van der Waals surface area (Å²) in [6.45, 7) is 4.81. The monoisotopic (exact) mass is 490 g/mol. The highest BCUT2D eigenvalue weighted by molar-refractivity contribution is 6.21. The Hall–Kier alpha value is -3.98. The van der Waals surface area contributed by atoms with Gasteiger partial charge < -0.3 is 18.5 Å². The summed E-state index contributed by atoms with van der Waals surface area (Å²) < 4.78 is 18.3. The number of carbonyl (C=O) groups is 4. The summed E-state index contributed by atoms with van der Waals surface area (Å²) in [7, 11) is 0. The largest absolute Gasteiger partial charge is 0.467 e. The molecule has 186 valence electrons. The fourth-order valence-corrected chi connectivity index (χ4v) is 4.77. The number of furan rings is 1. The molecular formula is C27H26N2O7. The van der Waals surface area contributed by atoms with Crippen LogP contribution in [0.1, 0.15) is 71.4 Å². The van der Waals surface area contributed by atoms with E-state index >= 15 is 0 Å². The number of esters is 1. The number of nitrogens with zero attached hydrogens (tertiary/aromatic N) is 2. The van der Waals surface area contributed by atoms with Gasteiger partial charge in [-0.1, -0.05) is 0 Å². The molecule has 4 heterocycles. The molecule has 5 rings (SSSR count). The van der Waals surface area contributed by atoms with Gasteiger partial charge in [0.25, 0.3) is 11.8 Å². The van der Waals surface area contributed by atoms with E-state index in [1.165, 1.54) is 24.5 Å². The van der Waals surface area contributed by atoms with Gasteiger partial charge in [0, 0.05) is 30.1 Å². The van der Waals surface area contributed by atoms with E-state index in [4.69, 9.17) is 13.9 Å². The fourth-order valence-electron chi connectivity index (χ4n) is 4.77. The van der Waals surface area contributed by atoms with E-state index in [-0.39, 0.29) is 35.1 Å². The second-order valence-electron chi connectivity index (χ2n) is 9.07. The summed E-state index contributed by atoms with van der Waals surface area (Å²) in [5.41, 5.74) is 2.66. The minimum Gasteiger partial charge on any atom is -0.467 e. The molecule has 1 saturated heterocycles. The topological polar surface area (TPSA) is 108 Å². The van der Waals surface area contributed by atoms with Gasteiger partial charge in [0.2, 0.25) is 5.78 Å². The number of Topliss-reactive ketones (excluding diaryl/α,β-unsaturated/α-hetero) is 1. The predicted molar refractivity (Wildman–Crippen MR) is 127 cm³/mol. The number of hydrogen-bond donors (Lipinski definition) is 0. The Morgan fingerprint density at radius 2 is 1.89 bits per heavy atom. The van der Waals surface area contributed by atoms with Crippen molar-refractivity contribution in [2.75, 3.05) is 13.2 Å². The molecule has 36 heavy (non-hydrogen) atoms. The standard InChI is InChI=1S/C27H26N2O7/c1-16-11-22(17(2)28(16)13-19-5-3-9-34-19)24(30)15-36-27(33)18-7-8-21-23(12-18)26(32)29(25(21)31)14-20-6-4-10-35-20/h4,6-8,10-12,19H,3,5,9,13-15H2,1-2H3/t19-/m1/s1. The second-order valence-corrected chi connectivity index (χ2v) is 9.07. The number of hydrogen-bond acceptors (Lipinski definition) is 7. The number of benzene rings is 1. The lowest BCUT2D eigenvalue weighted by molar-refractivity contribution is 0.0474. The molecule has 0 unspecified atom stereocenters. The number of aryl methyl sites for hydroxylation is 1. The van der Waals surface area contributed by atoms with E-state index in [0.717, 1.165) is 35.7 Å². The molecule has 2 aromatic heterocycles. The van der Waals surface area contributed by atoms with Gasteiger partial charge in [0.1, 0.15) is 5.76 Å². The van der Waals surface area contributed by atoms with Crippen molar-refractivity contribution in [1.29, 1.82) is 0 Å². The Morgan fingerprint density at radius 1 is 1.08 bits per heavy atom. The second kappa shape index (κ2) is 9.58. The van der Waals surface area contributed by atoms with Crippen LogP contribution in [0.4, 0.5) is 0 Å². The molecule has 0 spiro atoms. The minimum absolute atomic E-state index is 0.00108. The van der Waals surface area contributed by atoms with Crippen molar-refractivity contribution in [2.24, 2.45) is 0 Å². The van der Waals surface area contributed by atoms with E-state index in [0.29, 0.717) is 17.9 Å². The van der Waals surface area contributed by atoms with E-state index in [1.807, 2.05) is 13.8 Å². The van der Waals surface area contributed by atoms with Crippen LogP contribution in [0.5, 0.6) is 0 Å². The van der Waals surface area contributed by atoms with Crippen LogP contribution < -0.4 is 0 Å². The van der Waals surface area contributed by atoms with Crippen molar-refractivity contribution in [3.8, 4) is 0 Å². The molecule has 0 saturated carbocycles.